The van der Waals surface area contributed by atoms with E-state index < -0.39 is 0 Å². The highest BCUT2D eigenvalue weighted by Crippen LogP contribution is 2.37. The predicted octanol–water partition coefficient (Wildman–Crippen LogP) is 7.30. The minimum absolute atomic E-state index is 0.0101. The Morgan fingerprint density at radius 2 is 1.27 bits per heavy atom. The third-order valence-electron chi connectivity index (χ3n) is 6.16. The van der Waals surface area contributed by atoms with Gasteiger partial charge in [0, 0.05) is 11.4 Å². The molecule has 1 N–H and O–H groups in total. The summed E-state index contributed by atoms with van der Waals surface area (Å²) in [6.45, 7) is 14.9. The van der Waals surface area contributed by atoms with E-state index in [2.05, 4.69) is 121 Å². The van der Waals surface area contributed by atoms with E-state index in [0.717, 1.165) is 28.1 Å². The van der Waals surface area contributed by atoms with Gasteiger partial charge in [-0.2, -0.15) is 0 Å². The molecule has 1 heterocycles. The number of carbonyl (C=O) groups is 1. The summed E-state index contributed by atoms with van der Waals surface area (Å²) in [5, 5.41) is 3.41. The second-order valence-electron chi connectivity index (χ2n) is 10.4. The molecule has 0 bridgehead atoms. The molecule has 1 aliphatic rings. The first-order valence-corrected chi connectivity index (χ1v) is 11.6. The van der Waals surface area contributed by atoms with Gasteiger partial charge in [-0.05, 0) is 96.8 Å². The fourth-order valence-electron chi connectivity index (χ4n) is 4.65. The molecule has 0 saturated heterocycles. The van der Waals surface area contributed by atoms with Gasteiger partial charge in [-0.25, -0.2) is 0 Å². The Balaban J connectivity index is 1.76. The average molecular weight is 439 g/mol. The van der Waals surface area contributed by atoms with Gasteiger partial charge in [0.05, 0.1) is 6.04 Å². The number of amides is 1. The van der Waals surface area contributed by atoms with Gasteiger partial charge in [-0.15, -0.1) is 0 Å². The Morgan fingerprint density at radius 3 is 1.79 bits per heavy atom. The van der Waals surface area contributed by atoms with Crippen molar-refractivity contribution in [2.75, 3.05) is 10.2 Å². The van der Waals surface area contributed by atoms with E-state index >= 15 is 0 Å². The van der Waals surface area contributed by atoms with E-state index in [0.29, 0.717) is 5.70 Å². The number of nitrogens with zero attached hydrogens (tertiary/aromatic N) is 1. The summed E-state index contributed by atoms with van der Waals surface area (Å²) in [5.41, 5.74) is 9.59. The molecular weight excluding hydrogens is 404 g/mol. The molecule has 0 unspecified atom stereocenters. The summed E-state index contributed by atoms with van der Waals surface area (Å²) < 4.78 is 0. The van der Waals surface area contributed by atoms with Crippen molar-refractivity contribution in [3.05, 3.63) is 106 Å². The summed E-state index contributed by atoms with van der Waals surface area (Å²) in [5.74, 6) is -0.0101. The van der Waals surface area contributed by atoms with Crippen LogP contribution in [0.4, 0.5) is 11.4 Å². The largest absolute Gasteiger partial charge is 0.351 e. The number of carbonyl (C=O) groups excluding carboxylic acids is 1. The van der Waals surface area contributed by atoms with Crippen molar-refractivity contribution in [1.82, 2.24) is 0 Å². The number of aryl methyl sites for hydroxylation is 4. The number of hydrogen-bond acceptors (Lipinski definition) is 2. The van der Waals surface area contributed by atoms with E-state index in [1.807, 2.05) is 4.90 Å². The van der Waals surface area contributed by atoms with Crippen LogP contribution in [0.5, 0.6) is 0 Å². The Labute approximate surface area is 198 Å². The Bertz CT molecular complexity index is 1190. The number of nitrogens with one attached hydrogen (secondary N) is 1. The standard InChI is InChI=1S/C30H34N2O/c1-19-12-20(2)15-25(14-19)31-27-18-28(23-8-10-24(11-9-23)30(5,6)7)32(29(27)33)26-16-21(3)13-22(4)17-26/h8-18,28,31H,1-7H3/t28-/m0/s1. The van der Waals surface area contributed by atoms with Crippen molar-refractivity contribution in [3.8, 4) is 0 Å². The monoisotopic (exact) mass is 438 g/mol. The maximum absolute atomic E-state index is 13.7. The molecule has 0 spiro atoms. The smallest absolute Gasteiger partial charge is 0.275 e. The van der Waals surface area contributed by atoms with Crippen LogP contribution in [0.25, 0.3) is 0 Å². The number of hydrogen-bond donors (Lipinski definition) is 1. The first-order chi connectivity index (χ1) is 15.5. The lowest BCUT2D eigenvalue weighted by Crippen LogP contribution is -2.31. The quantitative estimate of drug-likeness (QED) is 0.463. The molecular formula is C30H34N2O. The van der Waals surface area contributed by atoms with Crippen molar-refractivity contribution < 1.29 is 4.79 Å². The van der Waals surface area contributed by atoms with Crippen molar-refractivity contribution in [2.24, 2.45) is 0 Å². The number of rotatable bonds is 4. The zero-order valence-corrected chi connectivity index (χ0v) is 20.8. The van der Waals surface area contributed by atoms with Gasteiger partial charge in [-0.1, -0.05) is 57.2 Å². The molecule has 1 atom stereocenters. The van der Waals surface area contributed by atoms with Gasteiger partial charge in [0.2, 0.25) is 0 Å². The lowest BCUT2D eigenvalue weighted by atomic mass is 9.86. The predicted molar refractivity (Wildman–Crippen MR) is 139 cm³/mol. The van der Waals surface area contributed by atoms with Crippen LogP contribution < -0.4 is 10.2 Å². The van der Waals surface area contributed by atoms with Crippen molar-refractivity contribution >= 4 is 17.3 Å². The molecule has 1 aliphatic heterocycles. The molecule has 0 aromatic heterocycles. The molecule has 33 heavy (non-hydrogen) atoms. The van der Waals surface area contributed by atoms with Crippen molar-refractivity contribution in [1.29, 1.82) is 0 Å². The second kappa shape index (κ2) is 8.55. The highest BCUT2D eigenvalue weighted by molar-refractivity contribution is 6.11. The van der Waals surface area contributed by atoms with Crippen LogP contribution in [-0.2, 0) is 10.2 Å². The molecule has 4 rings (SSSR count). The zero-order valence-electron chi connectivity index (χ0n) is 20.8. The third kappa shape index (κ3) is 4.88. The Kier molecular flexibility index (Phi) is 5.92. The summed E-state index contributed by atoms with van der Waals surface area (Å²) >= 11 is 0. The molecule has 3 aromatic carbocycles. The molecule has 170 valence electrons. The molecule has 0 fully saturated rings. The Hall–Kier alpha value is -3.33. The third-order valence-corrected chi connectivity index (χ3v) is 6.16. The maximum atomic E-state index is 13.7. The van der Waals surface area contributed by atoms with E-state index in [1.165, 1.54) is 16.7 Å². The van der Waals surface area contributed by atoms with Gasteiger partial charge >= 0.3 is 0 Å². The van der Waals surface area contributed by atoms with Gasteiger partial charge in [-0.3, -0.25) is 9.69 Å². The molecule has 0 saturated carbocycles. The first-order valence-electron chi connectivity index (χ1n) is 11.6. The molecule has 0 aliphatic carbocycles. The second-order valence-corrected chi connectivity index (χ2v) is 10.4. The van der Waals surface area contributed by atoms with Crippen LogP contribution >= 0.6 is 0 Å². The summed E-state index contributed by atoms with van der Waals surface area (Å²) in [4.78, 5) is 15.6. The average Bonchev–Trinajstić information content (AvgIpc) is 3.02. The normalized spacial score (nSPS) is 16.2. The van der Waals surface area contributed by atoms with Crippen molar-refractivity contribution in [3.63, 3.8) is 0 Å². The minimum atomic E-state index is -0.166. The summed E-state index contributed by atoms with van der Waals surface area (Å²) in [6, 6.07) is 21.1. The molecule has 3 heteroatoms. The molecule has 3 nitrogen and oxygen atoms in total. The van der Waals surface area contributed by atoms with E-state index in [-0.39, 0.29) is 17.4 Å². The van der Waals surface area contributed by atoms with Crippen molar-refractivity contribution in [2.45, 2.75) is 59.9 Å². The highest BCUT2D eigenvalue weighted by Gasteiger charge is 2.35. The topological polar surface area (TPSA) is 32.3 Å². The SMILES string of the molecule is Cc1cc(C)cc(NC2=C[C@@H](c3ccc(C(C)(C)C)cc3)N(c3cc(C)cc(C)c3)C2=O)c1. The van der Waals surface area contributed by atoms with Crippen LogP contribution in [-0.4, -0.2) is 5.91 Å². The summed E-state index contributed by atoms with van der Waals surface area (Å²) in [6.07, 6.45) is 2.06. The Morgan fingerprint density at radius 1 is 0.758 bits per heavy atom. The highest BCUT2D eigenvalue weighted by atomic mass is 16.2. The molecule has 1 amide bonds. The van der Waals surface area contributed by atoms with Crippen LogP contribution in [0.15, 0.2) is 72.4 Å². The fraction of sp³-hybridized carbons (Fsp3) is 0.300. The lowest BCUT2D eigenvalue weighted by molar-refractivity contribution is -0.114. The van der Waals surface area contributed by atoms with Crippen LogP contribution in [0.1, 0.15) is 60.2 Å². The first kappa shape index (κ1) is 22.8. The van der Waals surface area contributed by atoms with Gasteiger partial charge in [0.25, 0.3) is 5.91 Å². The van der Waals surface area contributed by atoms with Crippen LogP contribution in [0, 0.1) is 27.7 Å². The molecule has 0 radical (unpaired) electrons. The minimum Gasteiger partial charge on any atom is -0.351 e. The zero-order chi connectivity index (χ0) is 23.9. The van der Waals surface area contributed by atoms with E-state index in [4.69, 9.17) is 0 Å². The maximum Gasteiger partial charge on any atom is 0.275 e. The van der Waals surface area contributed by atoms with Gasteiger partial charge in [0.15, 0.2) is 0 Å². The van der Waals surface area contributed by atoms with Crippen LogP contribution in [0.3, 0.4) is 0 Å². The fourth-order valence-corrected chi connectivity index (χ4v) is 4.65. The summed E-state index contributed by atoms with van der Waals surface area (Å²) in [7, 11) is 0. The number of anilines is 2. The van der Waals surface area contributed by atoms with Gasteiger partial charge < -0.3 is 5.32 Å². The molecule has 3 aromatic rings. The van der Waals surface area contributed by atoms with Crippen LogP contribution in [0.2, 0.25) is 0 Å². The van der Waals surface area contributed by atoms with E-state index in [9.17, 15) is 4.79 Å². The lowest BCUT2D eigenvalue weighted by Gasteiger charge is -2.27. The number of benzene rings is 3. The van der Waals surface area contributed by atoms with Gasteiger partial charge in [0.1, 0.15) is 5.70 Å². The van der Waals surface area contributed by atoms with E-state index in [1.54, 1.807) is 0 Å².